The summed E-state index contributed by atoms with van der Waals surface area (Å²) < 4.78 is 5.69. The molecule has 0 aromatic rings. The number of hydrogen-bond acceptors (Lipinski definition) is 2. The van der Waals surface area contributed by atoms with Gasteiger partial charge in [0.15, 0.2) is 0 Å². The Hall–Kier alpha value is -0.0800. The van der Waals surface area contributed by atoms with Crippen LogP contribution in [0.1, 0.15) is 52.4 Å². The van der Waals surface area contributed by atoms with Gasteiger partial charge in [-0.1, -0.05) is 20.3 Å². The Labute approximate surface area is 107 Å². The number of nitrogens with one attached hydrogen (secondary N) is 1. The van der Waals surface area contributed by atoms with Crippen LogP contribution in [0, 0.1) is 17.8 Å². The molecule has 2 nitrogen and oxygen atoms in total. The monoisotopic (exact) mass is 239 g/mol. The van der Waals surface area contributed by atoms with Crippen LogP contribution in [0.4, 0.5) is 0 Å². The number of hydrogen-bond donors (Lipinski definition) is 1. The van der Waals surface area contributed by atoms with E-state index in [2.05, 4.69) is 19.2 Å². The van der Waals surface area contributed by atoms with Crippen LogP contribution in [0.2, 0.25) is 0 Å². The van der Waals surface area contributed by atoms with Gasteiger partial charge in [0.1, 0.15) is 0 Å². The average Bonchev–Trinajstić information content (AvgIpc) is 2.78. The second kappa shape index (κ2) is 6.75. The van der Waals surface area contributed by atoms with E-state index in [0.717, 1.165) is 37.0 Å². The van der Waals surface area contributed by atoms with E-state index in [9.17, 15) is 0 Å². The van der Waals surface area contributed by atoms with Gasteiger partial charge in [0.05, 0.1) is 6.61 Å². The Balaban J connectivity index is 1.91. The van der Waals surface area contributed by atoms with Gasteiger partial charge in [0.2, 0.25) is 0 Å². The highest BCUT2D eigenvalue weighted by Crippen LogP contribution is 2.36. The first-order chi connectivity index (χ1) is 8.31. The molecule has 0 aromatic carbocycles. The minimum Gasteiger partial charge on any atom is -0.381 e. The number of ether oxygens (including phenoxy) is 1. The lowest BCUT2D eigenvalue weighted by Gasteiger charge is -2.35. The first kappa shape index (κ1) is 13.4. The molecule has 0 aromatic heterocycles. The third-order valence-electron chi connectivity index (χ3n) is 4.58. The smallest absolute Gasteiger partial charge is 0.0509 e. The molecule has 2 aliphatic rings. The van der Waals surface area contributed by atoms with E-state index < -0.39 is 0 Å². The van der Waals surface area contributed by atoms with Crippen molar-refractivity contribution in [3.63, 3.8) is 0 Å². The predicted octanol–water partition coefficient (Wildman–Crippen LogP) is 3.22. The predicted molar refractivity (Wildman–Crippen MR) is 72.1 cm³/mol. The fraction of sp³-hybridized carbons (Fsp3) is 1.00. The van der Waals surface area contributed by atoms with Crippen molar-refractivity contribution in [2.24, 2.45) is 17.8 Å². The molecule has 4 unspecified atom stereocenters. The van der Waals surface area contributed by atoms with Gasteiger partial charge in [0, 0.05) is 12.6 Å². The van der Waals surface area contributed by atoms with Crippen molar-refractivity contribution in [1.29, 1.82) is 0 Å². The summed E-state index contributed by atoms with van der Waals surface area (Å²) in [6.07, 6.45) is 8.16. The summed E-state index contributed by atoms with van der Waals surface area (Å²) in [4.78, 5) is 0. The first-order valence-corrected chi connectivity index (χ1v) is 7.62. The Morgan fingerprint density at radius 3 is 2.71 bits per heavy atom. The van der Waals surface area contributed by atoms with E-state index in [1.54, 1.807) is 0 Å². The van der Waals surface area contributed by atoms with Gasteiger partial charge >= 0.3 is 0 Å². The molecule has 100 valence electrons. The maximum Gasteiger partial charge on any atom is 0.0509 e. The Morgan fingerprint density at radius 1 is 1.24 bits per heavy atom. The zero-order valence-electron chi connectivity index (χ0n) is 11.6. The highest BCUT2D eigenvalue weighted by Gasteiger charge is 2.34. The zero-order chi connectivity index (χ0) is 12.1. The van der Waals surface area contributed by atoms with Crippen LogP contribution >= 0.6 is 0 Å². The highest BCUT2D eigenvalue weighted by atomic mass is 16.5. The van der Waals surface area contributed by atoms with Gasteiger partial charge in [-0.15, -0.1) is 0 Å². The second-order valence-electron chi connectivity index (χ2n) is 6.14. The van der Waals surface area contributed by atoms with Crippen LogP contribution in [0.15, 0.2) is 0 Å². The normalized spacial score (nSPS) is 36.0. The van der Waals surface area contributed by atoms with Crippen molar-refractivity contribution in [1.82, 2.24) is 5.32 Å². The highest BCUT2D eigenvalue weighted by molar-refractivity contribution is 4.88. The lowest BCUT2D eigenvalue weighted by atomic mass is 9.83. The summed E-state index contributed by atoms with van der Waals surface area (Å²) >= 11 is 0. The molecule has 0 bridgehead atoms. The minimum atomic E-state index is 0.722. The van der Waals surface area contributed by atoms with Crippen molar-refractivity contribution in [3.05, 3.63) is 0 Å². The van der Waals surface area contributed by atoms with Gasteiger partial charge in [-0.2, -0.15) is 0 Å². The fourth-order valence-corrected chi connectivity index (χ4v) is 3.66. The van der Waals surface area contributed by atoms with Gasteiger partial charge in [-0.05, 0) is 56.4 Å². The van der Waals surface area contributed by atoms with Gasteiger partial charge in [-0.3, -0.25) is 0 Å². The first-order valence-electron chi connectivity index (χ1n) is 7.62. The SMILES string of the molecule is CCCNC(C1CCCOC1)C1CCC(C)C1. The molecule has 1 aliphatic carbocycles. The van der Waals surface area contributed by atoms with Gasteiger partial charge in [0.25, 0.3) is 0 Å². The maximum absolute atomic E-state index is 5.69. The van der Waals surface area contributed by atoms with Crippen LogP contribution in [0.25, 0.3) is 0 Å². The maximum atomic E-state index is 5.69. The lowest BCUT2D eigenvalue weighted by Crippen LogP contribution is -2.45. The van der Waals surface area contributed by atoms with Crippen LogP contribution in [0.5, 0.6) is 0 Å². The average molecular weight is 239 g/mol. The van der Waals surface area contributed by atoms with Crippen molar-refractivity contribution >= 4 is 0 Å². The molecule has 1 saturated heterocycles. The lowest BCUT2D eigenvalue weighted by molar-refractivity contribution is 0.0288. The van der Waals surface area contributed by atoms with Crippen LogP contribution < -0.4 is 5.32 Å². The van der Waals surface area contributed by atoms with E-state index in [-0.39, 0.29) is 0 Å². The summed E-state index contributed by atoms with van der Waals surface area (Å²) in [6, 6.07) is 0.722. The molecular weight excluding hydrogens is 210 g/mol. The van der Waals surface area contributed by atoms with E-state index in [1.165, 1.54) is 45.1 Å². The minimum absolute atomic E-state index is 0.722. The topological polar surface area (TPSA) is 21.3 Å². The van der Waals surface area contributed by atoms with Gasteiger partial charge in [-0.25, -0.2) is 0 Å². The zero-order valence-corrected chi connectivity index (χ0v) is 11.6. The van der Waals surface area contributed by atoms with Crippen LogP contribution in [-0.2, 0) is 4.74 Å². The quantitative estimate of drug-likeness (QED) is 0.795. The van der Waals surface area contributed by atoms with Gasteiger partial charge < -0.3 is 10.1 Å². The Bertz CT molecular complexity index is 208. The fourth-order valence-electron chi connectivity index (χ4n) is 3.66. The third kappa shape index (κ3) is 3.69. The summed E-state index contributed by atoms with van der Waals surface area (Å²) in [5, 5.41) is 3.82. The van der Waals surface area contributed by atoms with Crippen molar-refractivity contribution in [2.75, 3.05) is 19.8 Å². The molecule has 2 heteroatoms. The summed E-state index contributed by atoms with van der Waals surface area (Å²) in [5.74, 6) is 2.62. The summed E-state index contributed by atoms with van der Waals surface area (Å²) in [7, 11) is 0. The van der Waals surface area contributed by atoms with Crippen molar-refractivity contribution in [2.45, 2.75) is 58.4 Å². The molecule has 0 radical (unpaired) electrons. The molecule has 17 heavy (non-hydrogen) atoms. The standard InChI is InChI=1S/C15H29NO/c1-3-8-16-15(13-7-6-12(2)10-13)14-5-4-9-17-11-14/h12-16H,3-11H2,1-2H3. The molecule has 0 amide bonds. The Morgan fingerprint density at radius 2 is 2.12 bits per heavy atom. The molecule has 1 aliphatic heterocycles. The number of rotatable bonds is 5. The van der Waals surface area contributed by atoms with Crippen LogP contribution in [0.3, 0.4) is 0 Å². The largest absolute Gasteiger partial charge is 0.381 e. The van der Waals surface area contributed by atoms with Crippen LogP contribution in [-0.4, -0.2) is 25.8 Å². The van der Waals surface area contributed by atoms with E-state index in [4.69, 9.17) is 4.74 Å². The summed E-state index contributed by atoms with van der Waals surface area (Å²) in [6.45, 7) is 7.82. The summed E-state index contributed by atoms with van der Waals surface area (Å²) in [5.41, 5.74) is 0. The molecule has 2 fully saturated rings. The molecule has 0 spiro atoms. The molecular formula is C15H29NO. The second-order valence-corrected chi connectivity index (χ2v) is 6.14. The van der Waals surface area contributed by atoms with E-state index in [0.29, 0.717) is 0 Å². The molecule has 2 rings (SSSR count). The van der Waals surface area contributed by atoms with Crippen molar-refractivity contribution in [3.8, 4) is 0 Å². The Kier molecular flexibility index (Phi) is 5.30. The van der Waals surface area contributed by atoms with Crippen molar-refractivity contribution < 1.29 is 4.74 Å². The van der Waals surface area contributed by atoms with E-state index in [1.807, 2.05) is 0 Å². The molecule has 1 N–H and O–H groups in total. The molecule has 1 heterocycles. The van der Waals surface area contributed by atoms with E-state index >= 15 is 0 Å². The molecule has 4 atom stereocenters. The third-order valence-corrected chi connectivity index (χ3v) is 4.58. The molecule has 1 saturated carbocycles.